The summed E-state index contributed by atoms with van der Waals surface area (Å²) >= 11 is 3.34. The second-order valence-electron chi connectivity index (χ2n) is 8.33. The number of aromatic nitrogens is 3. The van der Waals surface area contributed by atoms with E-state index in [2.05, 4.69) is 43.4 Å². The van der Waals surface area contributed by atoms with Crippen LogP contribution in [0, 0.1) is 5.92 Å². The first-order valence-corrected chi connectivity index (χ1v) is 12.6. The van der Waals surface area contributed by atoms with Crippen LogP contribution in [0.4, 0.5) is 5.82 Å². The van der Waals surface area contributed by atoms with Crippen molar-refractivity contribution in [1.29, 1.82) is 0 Å². The molecule has 0 atom stereocenters. The topological polar surface area (TPSA) is 50.7 Å². The molecule has 1 aliphatic rings. The van der Waals surface area contributed by atoms with E-state index in [-0.39, 0.29) is 0 Å². The van der Waals surface area contributed by atoms with E-state index in [1.807, 2.05) is 12.3 Å². The van der Waals surface area contributed by atoms with Crippen LogP contribution in [0.3, 0.4) is 0 Å². The number of fused-ring (bicyclic) bond motifs is 5. The lowest BCUT2D eigenvalue weighted by Gasteiger charge is -2.11. The van der Waals surface area contributed by atoms with E-state index < -0.39 is 0 Å². The number of nitrogens with zero attached hydrogens (tertiary/aromatic N) is 3. The van der Waals surface area contributed by atoms with Crippen molar-refractivity contribution >= 4 is 49.3 Å². The standard InChI is InChI=1S/C24H26N4S2/c1-14(2)12-18-16-10-7-11-17(16)19-20-21(30-23(19)26-18)22(28-24(27-20)29-3)25-13-15-8-5-4-6-9-15/h4-6,8-9,14H,7,10-13H2,1-3H3,(H,25,27,28). The number of hydrogen-bond acceptors (Lipinski definition) is 6. The smallest absolute Gasteiger partial charge is 0.189 e. The number of pyridine rings is 1. The van der Waals surface area contributed by atoms with Gasteiger partial charge in [-0.1, -0.05) is 55.9 Å². The van der Waals surface area contributed by atoms with Gasteiger partial charge in [0.05, 0.1) is 10.2 Å². The van der Waals surface area contributed by atoms with Crippen LogP contribution < -0.4 is 5.32 Å². The Hall–Kier alpha value is -2.18. The minimum absolute atomic E-state index is 0.611. The number of thioether (sulfide) groups is 1. The zero-order chi connectivity index (χ0) is 20.7. The van der Waals surface area contributed by atoms with Crippen LogP contribution >= 0.6 is 23.1 Å². The first-order valence-electron chi connectivity index (χ1n) is 10.6. The number of thiophene rings is 1. The van der Waals surface area contributed by atoms with E-state index in [4.69, 9.17) is 15.0 Å². The molecule has 0 saturated carbocycles. The van der Waals surface area contributed by atoms with Crippen molar-refractivity contribution in [3.8, 4) is 0 Å². The maximum absolute atomic E-state index is 5.16. The van der Waals surface area contributed by atoms with Crippen molar-refractivity contribution in [2.45, 2.75) is 51.2 Å². The van der Waals surface area contributed by atoms with E-state index in [0.717, 1.165) is 51.8 Å². The summed E-state index contributed by atoms with van der Waals surface area (Å²) in [6.07, 6.45) is 6.60. The van der Waals surface area contributed by atoms with E-state index in [0.29, 0.717) is 5.92 Å². The van der Waals surface area contributed by atoms with Gasteiger partial charge in [-0.15, -0.1) is 11.3 Å². The lowest BCUT2D eigenvalue weighted by atomic mass is 9.99. The minimum Gasteiger partial charge on any atom is -0.365 e. The molecule has 1 N–H and O–H groups in total. The molecule has 0 aliphatic heterocycles. The van der Waals surface area contributed by atoms with Crippen molar-refractivity contribution in [3.05, 3.63) is 52.7 Å². The maximum atomic E-state index is 5.16. The molecule has 5 rings (SSSR count). The number of anilines is 1. The third-order valence-corrected chi connectivity index (χ3v) is 7.31. The zero-order valence-corrected chi connectivity index (χ0v) is 19.3. The molecule has 30 heavy (non-hydrogen) atoms. The molecule has 0 fully saturated rings. The van der Waals surface area contributed by atoms with Crippen LogP contribution in [-0.2, 0) is 25.8 Å². The van der Waals surface area contributed by atoms with Gasteiger partial charge in [0.1, 0.15) is 10.6 Å². The van der Waals surface area contributed by atoms with Gasteiger partial charge >= 0.3 is 0 Å². The average Bonchev–Trinajstić information content (AvgIpc) is 3.36. The second-order valence-corrected chi connectivity index (χ2v) is 10.1. The van der Waals surface area contributed by atoms with Crippen LogP contribution in [0.2, 0.25) is 0 Å². The molecule has 0 unspecified atom stereocenters. The molecule has 0 bridgehead atoms. The van der Waals surface area contributed by atoms with Gasteiger partial charge in [-0.25, -0.2) is 15.0 Å². The third kappa shape index (κ3) is 3.56. The molecule has 0 radical (unpaired) electrons. The second kappa shape index (κ2) is 8.16. The summed E-state index contributed by atoms with van der Waals surface area (Å²) in [5.74, 6) is 1.54. The van der Waals surface area contributed by atoms with E-state index in [9.17, 15) is 0 Å². The lowest BCUT2D eigenvalue weighted by molar-refractivity contribution is 0.632. The molecule has 3 aromatic heterocycles. The van der Waals surface area contributed by atoms with Crippen molar-refractivity contribution in [1.82, 2.24) is 15.0 Å². The molecule has 1 aromatic carbocycles. The van der Waals surface area contributed by atoms with Gasteiger partial charge in [0.25, 0.3) is 0 Å². The van der Waals surface area contributed by atoms with Crippen molar-refractivity contribution in [2.75, 3.05) is 11.6 Å². The summed E-state index contributed by atoms with van der Waals surface area (Å²) < 4.78 is 1.13. The maximum Gasteiger partial charge on any atom is 0.189 e. The molecule has 0 spiro atoms. The highest BCUT2D eigenvalue weighted by Gasteiger charge is 2.25. The molecule has 1 aliphatic carbocycles. The molecule has 0 amide bonds. The molecule has 6 heteroatoms. The van der Waals surface area contributed by atoms with Crippen molar-refractivity contribution in [2.24, 2.45) is 5.92 Å². The third-order valence-electron chi connectivity index (χ3n) is 5.69. The van der Waals surface area contributed by atoms with Crippen LogP contribution in [0.25, 0.3) is 20.4 Å². The Morgan fingerprint density at radius 3 is 2.63 bits per heavy atom. The van der Waals surface area contributed by atoms with E-state index in [1.165, 1.54) is 34.2 Å². The molecular formula is C24H26N4S2. The molecular weight excluding hydrogens is 408 g/mol. The molecule has 4 aromatic rings. The Morgan fingerprint density at radius 1 is 1.07 bits per heavy atom. The first-order chi connectivity index (χ1) is 14.6. The number of nitrogens with one attached hydrogen (secondary N) is 1. The first kappa shape index (κ1) is 19.8. The van der Waals surface area contributed by atoms with Gasteiger partial charge in [-0.3, -0.25) is 0 Å². The SMILES string of the molecule is CSc1nc(NCc2ccccc2)c2sc3nc(CC(C)C)c4c(c3c2n1)CCC4. The molecule has 154 valence electrons. The number of hydrogen-bond donors (Lipinski definition) is 1. The highest BCUT2D eigenvalue weighted by Crippen LogP contribution is 2.42. The van der Waals surface area contributed by atoms with Gasteiger partial charge < -0.3 is 5.32 Å². The Balaban J connectivity index is 1.67. The summed E-state index contributed by atoms with van der Waals surface area (Å²) in [5, 5.41) is 5.66. The summed E-state index contributed by atoms with van der Waals surface area (Å²) in [6.45, 7) is 5.30. The fraction of sp³-hybridized carbons (Fsp3) is 0.375. The average molecular weight is 435 g/mol. The van der Waals surface area contributed by atoms with Crippen molar-refractivity contribution < 1.29 is 0 Å². The predicted octanol–water partition coefficient (Wildman–Crippen LogP) is 6.26. The van der Waals surface area contributed by atoms with Crippen LogP contribution in [0.15, 0.2) is 35.5 Å². The molecule has 4 nitrogen and oxygen atoms in total. The van der Waals surface area contributed by atoms with Crippen LogP contribution in [0.1, 0.15) is 42.7 Å². The minimum atomic E-state index is 0.611. The molecule has 3 heterocycles. The number of aryl methyl sites for hydroxylation is 1. The highest BCUT2D eigenvalue weighted by atomic mass is 32.2. The normalized spacial score (nSPS) is 13.5. The largest absolute Gasteiger partial charge is 0.365 e. The number of rotatable bonds is 6. The monoisotopic (exact) mass is 434 g/mol. The van der Waals surface area contributed by atoms with Crippen LogP contribution in [-0.4, -0.2) is 21.2 Å². The fourth-order valence-corrected chi connectivity index (χ4v) is 5.87. The van der Waals surface area contributed by atoms with Gasteiger partial charge in [-0.2, -0.15) is 0 Å². The summed E-state index contributed by atoms with van der Waals surface area (Å²) in [7, 11) is 0. The Kier molecular flexibility index (Phi) is 5.37. The van der Waals surface area contributed by atoms with Gasteiger partial charge in [0, 0.05) is 17.6 Å². The van der Waals surface area contributed by atoms with Gasteiger partial charge in [0.15, 0.2) is 5.16 Å². The van der Waals surface area contributed by atoms with Gasteiger partial charge in [-0.05, 0) is 54.5 Å². The number of benzene rings is 1. The van der Waals surface area contributed by atoms with Gasteiger partial charge in [0.2, 0.25) is 0 Å². The van der Waals surface area contributed by atoms with Crippen LogP contribution in [0.5, 0.6) is 0 Å². The Morgan fingerprint density at radius 2 is 1.87 bits per heavy atom. The fourth-order valence-electron chi connectivity index (χ4n) is 4.37. The van der Waals surface area contributed by atoms with E-state index in [1.54, 1.807) is 23.1 Å². The molecule has 0 saturated heterocycles. The van der Waals surface area contributed by atoms with E-state index >= 15 is 0 Å². The van der Waals surface area contributed by atoms with Crippen molar-refractivity contribution in [3.63, 3.8) is 0 Å². The zero-order valence-electron chi connectivity index (χ0n) is 17.7. The quantitative estimate of drug-likeness (QED) is 0.287. The Bertz CT molecular complexity index is 1210. The summed E-state index contributed by atoms with van der Waals surface area (Å²) in [4.78, 5) is 16.0. The Labute approximate surface area is 185 Å². The predicted molar refractivity (Wildman–Crippen MR) is 129 cm³/mol. The highest BCUT2D eigenvalue weighted by molar-refractivity contribution is 7.98. The summed E-state index contributed by atoms with van der Waals surface area (Å²) in [5.41, 5.74) is 6.59. The summed E-state index contributed by atoms with van der Waals surface area (Å²) in [6, 6.07) is 10.5. The lowest BCUT2D eigenvalue weighted by Crippen LogP contribution is -2.03.